The minimum atomic E-state index is -0.242. The van der Waals surface area contributed by atoms with E-state index in [9.17, 15) is 4.79 Å². The van der Waals surface area contributed by atoms with Crippen molar-refractivity contribution < 1.29 is 9.53 Å². The van der Waals surface area contributed by atoms with Gasteiger partial charge in [-0.25, -0.2) is 4.79 Å². The van der Waals surface area contributed by atoms with Crippen LogP contribution in [0.2, 0.25) is 0 Å². The number of benzene rings is 1. The molecular weight excluding hydrogens is 248 g/mol. The van der Waals surface area contributed by atoms with Crippen LogP contribution >= 0.6 is 0 Å². The Labute approximate surface area is 122 Å². The second-order valence-corrected chi connectivity index (χ2v) is 5.18. The summed E-state index contributed by atoms with van der Waals surface area (Å²) in [7, 11) is 0. The highest BCUT2D eigenvalue weighted by molar-refractivity contribution is 5.87. The number of hydrogen-bond acceptors (Lipinski definition) is 2. The average Bonchev–Trinajstić information content (AvgIpc) is 2.47. The van der Waals surface area contributed by atoms with Crippen molar-refractivity contribution in [2.75, 3.05) is 6.61 Å². The summed E-state index contributed by atoms with van der Waals surface area (Å²) in [6.45, 7) is 8.27. The zero-order valence-corrected chi connectivity index (χ0v) is 12.7. The quantitative estimate of drug-likeness (QED) is 0.488. The summed E-state index contributed by atoms with van der Waals surface area (Å²) >= 11 is 0. The molecule has 2 nitrogen and oxygen atoms in total. The summed E-state index contributed by atoms with van der Waals surface area (Å²) < 4.78 is 4.98. The van der Waals surface area contributed by atoms with E-state index >= 15 is 0 Å². The molecular formula is C18H26O2. The van der Waals surface area contributed by atoms with E-state index < -0.39 is 0 Å². The van der Waals surface area contributed by atoms with Crippen molar-refractivity contribution in [2.45, 2.75) is 46.0 Å². The first kappa shape index (κ1) is 16.5. The van der Waals surface area contributed by atoms with Gasteiger partial charge in [-0.05, 0) is 44.1 Å². The lowest BCUT2D eigenvalue weighted by Crippen LogP contribution is -2.11. The molecule has 0 spiro atoms. The second kappa shape index (κ2) is 9.35. The van der Waals surface area contributed by atoms with Crippen LogP contribution in [-0.4, -0.2) is 12.6 Å². The van der Waals surface area contributed by atoms with Crippen LogP contribution in [0.25, 0.3) is 0 Å². The van der Waals surface area contributed by atoms with E-state index in [-0.39, 0.29) is 5.97 Å². The van der Waals surface area contributed by atoms with E-state index in [0.717, 1.165) is 32.1 Å². The molecule has 0 aromatic heterocycles. The van der Waals surface area contributed by atoms with E-state index in [0.29, 0.717) is 18.1 Å². The number of hydrogen-bond donors (Lipinski definition) is 0. The van der Waals surface area contributed by atoms with E-state index in [2.05, 4.69) is 37.8 Å². The fraction of sp³-hybridized carbons (Fsp3) is 0.500. The third-order valence-electron chi connectivity index (χ3n) is 3.60. The minimum Gasteiger partial charge on any atom is -0.463 e. The first-order chi connectivity index (χ1) is 9.67. The van der Waals surface area contributed by atoms with Crippen LogP contribution in [0, 0.1) is 5.92 Å². The van der Waals surface area contributed by atoms with Crippen molar-refractivity contribution in [2.24, 2.45) is 5.92 Å². The first-order valence-electron chi connectivity index (χ1n) is 7.56. The Hall–Kier alpha value is -1.57. The van der Waals surface area contributed by atoms with Gasteiger partial charge >= 0.3 is 5.97 Å². The van der Waals surface area contributed by atoms with Gasteiger partial charge < -0.3 is 4.74 Å². The van der Waals surface area contributed by atoms with Crippen LogP contribution in [0.4, 0.5) is 0 Å². The average molecular weight is 274 g/mol. The molecule has 1 unspecified atom stereocenters. The van der Waals surface area contributed by atoms with E-state index in [4.69, 9.17) is 4.74 Å². The van der Waals surface area contributed by atoms with Crippen LogP contribution < -0.4 is 0 Å². The Morgan fingerprint density at radius 1 is 1.25 bits per heavy atom. The largest absolute Gasteiger partial charge is 0.463 e. The number of ether oxygens (including phenoxy) is 1. The SMILES string of the molecule is C=C(CC(CC)CCCc1ccccc1)C(=O)OCC. The van der Waals surface area contributed by atoms with Crippen molar-refractivity contribution in [3.05, 3.63) is 48.0 Å². The first-order valence-corrected chi connectivity index (χ1v) is 7.56. The van der Waals surface area contributed by atoms with Crippen molar-refractivity contribution >= 4 is 5.97 Å². The molecule has 0 aliphatic rings. The van der Waals surface area contributed by atoms with Crippen LogP contribution in [0.5, 0.6) is 0 Å². The van der Waals surface area contributed by atoms with Gasteiger partial charge in [0.25, 0.3) is 0 Å². The number of rotatable bonds is 9. The molecule has 1 aromatic rings. The van der Waals surface area contributed by atoms with Gasteiger partial charge in [0.05, 0.1) is 6.61 Å². The molecule has 2 heteroatoms. The van der Waals surface area contributed by atoms with E-state index in [1.165, 1.54) is 5.56 Å². The summed E-state index contributed by atoms with van der Waals surface area (Å²) in [4.78, 5) is 11.6. The smallest absolute Gasteiger partial charge is 0.333 e. The standard InChI is InChI=1S/C18H26O2/c1-4-16(14-15(3)18(19)20-5-2)12-9-13-17-10-7-6-8-11-17/h6-8,10-11,16H,3-5,9,12-14H2,1-2H3. The zero-order chi connectivity index (χ0) is 14.8. The molecule has 0 amide bonds. The fourth-order valence-corrected chi connectivity index (χ4v) is 2.36. The van der Waals surface area contributed by atoms with Gasteiger partial charge in [0.1, 0.15) is 0 Å². The Bertz CT molecular complexity index is 409. The predicted molar refractivity (Wildman–Crippen MR) is 83.6 cm³/mol. The molecule has 1 aromatic carbocycles. The molecule has 0 fully saturated rings. The maximum absolute atomic E-state index is 11.6. The Balaban J connectivity index is 2.32. The topological polar surface area (TPSA) is 26.3 Å². The molecule has 1 rings (SSSR count). The Morgan fingerprint density at radius 2 is 1.95 bits per heavy atom. The molecule has 0 aliphatic heterocycles. The van der Waals surface area contributed by atoms with Crippen LogP contribution in [-0.2, 0) is 16.0 Å². The Morgan fingerprint density at radius 3 is 2.55 bits per heavy atom. The van der Waals surface area contributed by atoms with Gasteiger partial charge in [0.15, 0.2) is 0 Å². The highest BCUT2D eigenvalue weighted by Crippen LogP contribution is 2.21. The third-order valence-corrected chi connectivity index (χ3v) is 3.60. The normalized spacial score (nSPS) is 11.9. The van der Waals surface area contributed by atoms with Crippen LogP contribution in [0.15, 0.2) is 42.5 Å². The molecule has 0 heterocycles. The Kier molecular flexibility index (Phi) is 7.71. The number of carbonyl (C=O) groups is 1. The maximum atomic E-state index is 11.6. The zero-order valence-electron chi connectivity index (χ0n) is 12.7. The van der Waals surface area contributed by atoms with Gasteiger partial charge in [-0.2, -0.15) is 0 Å². The van der Waals surface area contributed by atoms with Gasteiger partial charge in [-0.1, -0.05) is 50.3 Å². The molecule has 20 heavy (non-hydrogen) atoms. The van der Waals surface area contributed by atoms with Crippen molar-refractivity contribution in [3.63, 3.8) is 0 Å². The minimum absolute atomic E-state index is 0.242. The van der Waals surface area contributed by atoms with Crippen molar-refractivity contribution in [3.8, 4) is 0 Å². The van der Waals surface area contributed by atoms with E-state index in [1.54, 1.807) is 0 Å². The van der Waals surface area contributed by atoms with Gasteiger partial charge in [-0.3, -0.25) is 0 Å². The van der Waals surface area contributed by atoms with Gasteiger partial charge in [0.2, 0.25) is 0 Å². The molecule has 1 atom stereocenters. The van der Waals surface area contributed by atoms with Crippen LogP contribution in [0.1, 0.15) is 45.1 Å². The molecule has 0 aliphatic carbocycles. The number of aryl methyl sites for hydroxylation is 1. The molecule has 110 valence electrons. The molecule has 0 radical (unpaired) electrons. The second-order valence-electron chi connectivity index (χ2n) is 5.18. The number of carbonyl (C=O) groups excluding carboxylic acids is 1. The monoisotopic (exact) mass is 274 g/mol. The maximum Gasteiger partial charge on any atom is 0.333 e. The summed E-state index contributed by atoms with van der Waals surface area (Å²) in [5.74, 6) is 0.282. The number of esters is 1. The molecule has 0 N–H and O–H groups in total. The summed E-state index contributed by atoms with van der Waals surface area (Å²) in [6.07, 6.45) is 5.21. The summed E-state index contributed by atoms with van der Waals surface area (Å²) in [5, 5.41) is 0. The van der Waals surface area contributed by atoms with Gasteiger partial charge in [0, 0.05) is 5.57 Å². The van der Waals surface area contributed by atoms with E-state index in [1.807, 2.05) is 13.0 Å². The highest BCUT2D eigenvalue weighted by atomic mass is 16.5. The summed E-state index contributed by atoms with van der Waals surface area (Å²) in [6, 6.07) is 10.5. The molecule has 0 saturated heterocycles. The lowest BCUT2D eigenvalue weighted by molar-refractivity contribution is -0.138. The lowest BCUT2D eigenvalue weighted by Gasteiger charge is -2.15. The highest BCUT2D eigenvalue weighted by Gasteiger charge is 2.14. The predicted octanol–water partition coefficient (Wildman–Crippen LogP) is 4.54. The summed E-state index contributed by atoms with van der Waals surface area (Å²) in [5.41, 5.74) is 1.99. The third kappa shape index (κ3) is 6.05. The molecule has 0 saturated carbocycles. The fourth-order valence-electron chi connectivity index (χ4n) is 2.36. The molecule has 0 bridgehead atoms. The lowest BCUT2D eigenvalue weighted by atomic mass is 9.91. The van der Waals surface area contributed by atoms with Gasteiger partial charge in [-0.15, -0.1) is 0 Å². The van der Waals surface area contributed by atoms with Crippen LogP contribution in [0.3, 0.4) is 0 Å². The van der Waals surface area contributed by atoms with Crippen molar-refractivity contribution in [1.29, 1.82) is 0 Å². The van der Waals surface area contributed by atoms with Crippen molar-refractivity contribution in [1.82, 2.24) is 0 Å².